The summed E-state index contributed by atoms with van der Waals surface area (Å²) in [5.41, 5.74) is -1.85. The number of hydrogen-bond acceptors (Lipinski definition) is 2. The summed E-state index contributed by atoms with van der Waals surface area (Å²) >= 11 is 0. The molecule has 0 spiro atoms. The highest BCUT2D eigenvalue weighted by molar-refractivity contribution is 5.94. The van der Waals surface area contributed by atoms with Gasteiger partial charge < -0.3 is 10.4 Å². The minimum atomic E-state index is -4.48. The molecule has 2 N–H and O–H groups in total. The van der Waals surface area contributed by atoms with Crippen LogP contribution in [0.25, 0.3) is 0 Å². The number of hydrogen-bond donors (Lipinski definition) is 2. The Morgan fingerprint density at radius 1 is 1.33 bits per heavy atom. The number of amides is 1. The molecule has 3 nitrogen and oxygen atoms in total. The molecule has 0 saturated heterocycles. The van der Waals surface area contributed by atoms with Crippen LogP contribution < -0.4 is 5.32 Å². The van der Waals surface area contributed by atoms with Crippen LogP contribution in [-0.2, 0) is 6.18 Å². The molecule has 0 aromatic heterocycles. The Balaban J connectivity index is 2.94. The first kappa shape index (κ1) is 14.5. The SMILES string of the molecule is CC(C)(CO)NC(=O)c1cccc(C(F)(F)F)c1. The average molecular weight is 261 g/mol. The van der Waals surface area contributed by atoms with Crippen molar-refractivity contribution in [1.29, 1.82) is 0 Å². The number of benzene rings is 1. The van der Waals surface area contributed by atoms with E-state index in [1.54, 1.807) is 13.8 Å². The standard InChI is InChI=1S/C12H14F3NO2/c1-11(2,7-17)16-10(18)8-4-3-5-9(6-8)12(13,14)15/h3-6,17H,7H2,1-2H3,(H,16,18). The van der Waals surface area contributed by atoms with Gasteiger partial charge in [-0.25, -0.2) is 0 Å². The summed E-state index contributed by atoms with van der Waals surface area (Å²) in [5.74, 6) is -0.653. The third-order valence-electron chi connectivity index (χ3n) is 2.30. The zero-order valence-corrected chi connectivity index (χ0v) is 10.0. The van der Waals surface area contributed by atoms with Gasteiger partial charge >= 0.3 is 6.18 Å². The number of halogens is 3. The first-order valence-electron chi connectivity index (χ1n) is 5.26. The van der Waals surface area contributed by atoms with Crippen LogP contribution in [0, 0.1) is 0 Å². The number of alkyl halides is 3. The molecule has 18 heavy (non-hydrogen) atoms. The van der Waals surface area contributed by atoms with E-state index < -0.39 is 23.2 Å². The monoisotopic (exact) mass is 261 g/mol. The molecular weight excluding hydrogens is 247 g/mol. The van der Waals surface area contributed by atoms with Gasteiger partial charge in [0, 0.05) is 5.56 Å². The predicted octanol–water partition coefficient (Wildman–Crippen LogP) is 2.21. The number of nitrogens with one attached hydrogen (secondary N) is 1. The summed E-state index contributed by atoms with van der Waals surface area (Å²) < 4.78 is 37.4. The molecule has 100 valence electrons. The summed E-state index contributed by atoms with van der Waals surface area (Å²) in [7, 11) is 0. The molecule has 0 saturated carbocycles. The molecule has 1 amide bonds. The second kappa shape index (κ2) is 4.97. The van der Waals surface area contributed by atoms with Crippen LogP contribution in [-0.4, -0.2) is 23.2 Å². The zero-order chi connectivity index (χ0) is 14.0. The van der Waals surface area contributed by atoms with E-state index in [4.69, 9.17) is 5.11 Å². The molecule has 0 unspecified atom stereocenters. The minimum absolute atomic E-state index is 0.0913. The third-order valence-corrected chi connectivity index (χ3v) is 2.30. The molecule has 0 radical (unpaired) electrons. The van der Waals surface area contributed by atoms with Gasteiger partial charge in [-0.3, -0.25) is 4.79 Å². The van der Waals surface area contributed by atoms with E-state index in [9.17, 15) is 18.0 Å². The summed E-state index contributed by atoms with van der Waals surface area (Å²) in [4.78, 5) is 11.7. The second-order valence-electron chi connectivity index (χ2n) is 4.57. The van der Waals surface area contributed by atoms with E-state index in [1.807, 2.05) is 0 Å². The molecule has 0 heterocycles. The largest absolute Gasteiger partial charge is 0.416 e. The van der Waals surface area contributed by atoms with Crippen molar-refractivity contribution < 1.29 is 23.1 Å². The first-order valence-corrected chi connectivity index (χ1v) is 5.26. The van der Waals surface area contributed by atoms with E-state index in [-0.39, 0.29) is 12.2 Å². The van der Waals surface area contributed by atoms with Gasteiger partial charge in [-0.15, -0.1) is 0 Å². The van der Waals surface area contributed by atoms with E-state index in [0.29, 0.717) is 0 Å². The fourth-order valence-corrected chi connectivity index (χ4v) is 1.26. The molecule has 0 atom stereocenters. The fraction of sp³-hybridized carbons (Fsp3) is 0.417. The highest BCUT2D eigenvalue weighted by atomic mass is 19.4. The van der Waals surface area contributed by atoms with Crippen LogP contribution in [0.4, 0.5) is 13.2 Å². The van der Waals surface area contributed by atoms with Crippen molar-refractivity contribution in [2.75, 3.05) is 6.61 Å². The molecule has 0 aliphatic carbocycles. The maximum Gasteiger partial charge on any atom is 0.416 e. The van der Waals surface area contributed by atoms with Crippen LogP contribution in [0.15, 0.2) is 24.3 Å². The quantitative estimate of drug-likeness (QED) is 0.876. The van der Waals surface area contributed by atoms with Crippen molar-refractivity contribution in [3.05, 3.63) is 35.4 Å². The normalized spacial score (nSPS) is 12.3. The molecule has 1 aromatic rings. The molecule has 1 rings (SSSR count). The second-order valence-corrected chi connectivity index (χ2v) is 4.57. The van der Waals surface area contributed by atoms with Crippen LogP contribution in [0.1, 0.15) is 29.8 Å². The maximum absolute atomic E-state index is 12.5. The van der Waals surface area contributed by atoms with Gasteiger partial charge in [0.05, 0.1) is 17.7 Å². The van der Waals surface area contributed by atoms with Crippen LogP contribution in [0.2, 0.25) is 0 Å². The molecule has 0 bridgehead atoms. The Morgan fingerprint density at radius 3 is 2.44 bits per heavy atom. The lowest BCUT2D eigenvalue weighted by molar-refractivity contribution is -0.137. The molecule has 1 aromatic carbocycles. The Morgan fingerprint density at radius 2 is 1.94 bits per heavy atom. The van der Waals surface area contributed by atoms with Crippen LogP contribution >= 0.6 is 0 Å². The predicted molar refractivity (Wildman–Crippen MR) is 60.1 cm³/mol. The molecule has 0 aliphatic heterocycles. The number of aliphatic hydroxyl groups excluding tert-OH is 1. The maximum atomic E-state index is 12.5. The lowest BCUT2D eigenvalue weighted by atomic mass is 10.1. The Kier molecular flexibility index (Phi) is 4.01. The first-order chi connectivity index (χ1) is 8.15. The summed E-state index contributed by atoms with van der Waals surface area (Å²) in [6.45, 7) is 2.83. The highest BCUT2D eigenvalue weighted by Gasteiger charge is 2.31. The fourth-order valence-electron chi connectivity index (χ4n) is 1.26. The van der Waals surface area contributed by atoms with E-state index >= 15 is 0 Å². The van der Waals surface area contributed by atoms with Gasteiger partial charge in [0.25, 0.3) is 5.91 Å². The van der Waals surface area contributed by atoms with Crippen molar-refractivity contribution in [1.82, 2.24) is 5.32 Å². The van der Waals surface area contributed by atoms with Crippen molar-refractivity contribution in [2.24, 2.45) is 0 Å². The van der Waals surface area contributed by atoms with Crippen molar-refractivity contribution in [3.63, 3.8) is 0 Å². The van der Waals surface area contributed by atoms with Gasteiger partial charge in [0.1, 0.15) is 0 Å². The van der Waals surface area contributed by atoms with Gasteiger partial charge in [0.2, 0.25) is 0 Å². The van der Waals surface area contributed by atoms with E-state index in [0.717, 1.165) is 12.1 Å². The van der Waals surface area contributed by atoms with E-state index in [1.165, 1.54) is 12.1 Å². The molecule has 0 aliphatic rings. The number of carbonyl (C=O) groups is 1. The Labute approximate surface area is 103 Å². The Hall–Kier alpha value is -1.56. The van der Waals surface area contributed by atoms with Crippen LogP contribution in [0.3, 0.4) is 0 Å². The lowest BCUT2D eigenvalue weighted by Crippen LogP contribution is -2.46. The topological polar surface area (TPSA) is 49.3 Å². The number of rotatable bonds is 3. The van der Waals surface area contributed by atoms with Gasteiger partial charge in [0.15, 0.2) is 0 Å². The van der Waals surface area contributed by atoms with Gasteiger partial charge in [-0.1, -0.05) is 6.07 Å². The van der Waals surface area contributed by atoms with Crippen molar-refractivity contribution in [3.8, 4) is 0 Å². The molecule has 0 fully saturated rings. The smallest absolute Gasteiger partial charge is 0.394 e. The van der Waals surface area contributed by atoms with Gasteiger partial charge in [-0.2, -0.15) is 13.2 Å². The van der Waals surface area contributed by atoms with Crippen molar-refractivity contribution in [2.45, 2.75) is 25.6 Å². The number of aliphatic hydroxyl groups is 1. The minimum Gasteiger partial charge on any atom is -0.394 e. The number of carbonyl (C=O) groups excluding carboxylic acids is 1. The van der Waals surface area contributed by atoms with E-state index in [2.05, 4.69) is 5.32 Å². The third kappa shape index (κ3) is 3.73. The highest BCUT2D eigenvalue weighted by Crippen LogP contribution is 2.29. The molecule has 6 heteroatoms. The Bertz CT molecular complexity index is 441. The molecular formula is C12H14F3NO2. The zero-order valence-electron chi connectivity index (χ0n) is 10.0. The summed E-state index contributed by atoms with van der Waals surface area (Å²) in [5, 5.41) is 11.4. The van der Waals surface area contributed by atoms with Gasteiger partial charge in [-0.05, 0) is 32.0 Å². The van der Waals surface area contributed by atoms with Crippen LogP contribution in [0.5, 0.6) is 0 Å². The summed E-state index contributed by atoms with van der Waals surface area (Å²) in [6.07, 6.45) is -4.48. The van der Waals surface area contributed by atoms with Crippen molar-refractivity contribution >= 4 is 5.91 Å². The summed E-state index contributed by atoms with van der Waals surface area (Å²) in [6, 6.07) is 4.14. The lowest BCUT2D eigenvalue weighted by Gasteiger charge is -2.23. The average Bonchev–Trinajstić information content (AvgIpc) is 2.27.